The number of aromatic nitrogens is 7. The number of hydrogen-bond donors (Lipinski definition) is 7. The summed E-state index contributed by atoms with van der Waals surface area (Å²) in [4.78, 5) is 73.6. The summed E-state index contributed by atoms with van der Waals surface area (Å²) in [6.45, 7) is 9.67. The van der Waals surface area contributed by atoms with E-state index in [0.29, 0.717) is 69.4 Å². The van der Waals surface area contributed by atoms with Gasteiger partial charge in [0.15, 0.2) is 17.0 Å². The smallest absolute Gasteiger partial charge is 0.326 e. The number of amides is 2. The summed E-state index contributed by atoms with van der Waals surface area (Å²) in [7, 11) is 0. The van der Waals surface area contributed by atoms with Crippen LogP contribution in [0.15, 0.2) is 59.5 Å². The number of pyridine rings is 1. The Morgan fingerprint density at radius 2 is 1.70 bits per heavy atom. The van der Waals surface area contributed by atoms with Gasteiger partial charge in [0, 0.05) is 61.2 Å². The van der Waals surface area contributed by atoms with Crippen LogP contribution in [0.5, 0.6) is 0 Å². The van der Waals surface area contributed by atoms with E-state index in [4.69, 9.17) is 25.9 Å². The molecule has 19 nitrogen and oxygen atoms in total. The Balaban J connectivity index is 0.829. The van der Waals surface area contributed by atoms with Crippen LogP contribution in [-0.4, -0.2) is 96.4 Å². The van der Waals surface area contributed by atoms with Gasteiger partial charge in [0.05, 0.1) is 42.7 Å². The Kier molecular flexibility index (Phi) is 16.1. The molecule has 0 fully saturated rings. The van der Waals surface area contributed by atoms with Crippen LogP contribution in [0.3, 0.4) is 0 Å². The number of fused-ring (bicyclic) bond motifs is 4. The van der Waals surface area contributed by atoms with E-state index < -0.39 is 23.5 Å². The molecule has 64 heavy (non-hydrogen) atoms. The van der Waals surface area contributed by atoms with Gasteiger partial charge in [-0.3, -0.25) is 19.4 Å². The number of imidazole rings is 1. The number of ether oxygens (including phenoxy) is 2. The molecule has 0 saturated carbocycles. The lowest BCUT2D eigenvalue weighted by molar-refractivity contribution is -0.139. The molecule has 9 N–H and O–H groups in total. The minimum Gasteiger partial charge on any atom is -0.480 e. The number of rotatable bonds is 25. The van der Waals surface area contributed by atoms with Crippen LogP contribution >= 0.6 is 0 Å². The van der Waals surface area contributed by atoms with Gasteiger partial charge >= 0.3 is 5.97 Å². The summed E-state index contributed by atoms with van der Waals surface area (Å²) in [5, 5.41) is 19.3. The Morgan fingerprint density at radius 3 is 2.48 bits per heavy atom. The molecule has 0 radical (unpaired) electrons. The van der Waals surface area contributed by atoms with Crippen LogP contribution in [0.2, 0.25) is 0 Å². The second-order valence-electron chi connectivity index (χ2n) is 16.5. The summed E-state index contributed by atoms with van der Waals surface area (Å²) >= 11 is 0. The minimum atomic E-state index is -1.15. The number of carbonyl (C=O) groups is 3. The molecule has 6 aromatic rings. The largest absolute Gasteiger partial charge is 0.480 e. The van der Waals surface area contributed by atoms with Gasteiger partial charge in [0.25, 0.3) is 11.5 Å². The van der Waals surface area contributed by atoms with Crippen LogP contribution in [0.4, 0.5) is 17.5 Å². The quantitative estimate of drug-likeness (QED) is 0.0383. The van der Waals surface area contributed by atoms with Crippen molar-refractivity contribution in [3.05, 3.63) is 82.2 Å². The number of nitrogens with one attached hydrogen (secondary N) is 4. The Hall–Kier alpha value is -6.73. The summed E-state index contributed by atoms with van der Waals surface area (Å²) in [5.74, 6) is -0.421. The van der Waals surface area contributed by atoms with Gasteiger partial charge < -0.3 is 46.6 Å². The van der Waals surface area contributed by atoms with Gasteiger partial charge in [0.2, 0.25) is 11.9 Å². The predicted molar refractivity (Wildman–Crippen MR) is 245 cm³/mol. The molecule has 1 unspecified atom stereocenters. The molecular formula is C45H58N12O7. The molecule has 2 aromatic carbocycles. The number of nitrogens with zero attached hydrogens (tertiary/aromatic N) is 6. The molecule has 2 amide bonds. The highest BCUT2D eigenvalue weighted by Gasteiger charge is 2.25. The van der Waals surface area contributed by atoms with Crippen LogP contribution in [0, 0.1) is 5.41 Å². The molecule has 0 aliphatic carbocycles. The van der Waals surface area contributed by atoms with Crippen LogP contribution < -0.4 is 33.0 Å². The number of aromatic amines is 1. The van der Waals surface area contributed by atoms with Crippen molar-refractivity contribution in [1.82, 2.24) is 45.1 Å². The average Bonchev–Trinajstić information content (AvgIpc) is 3.63. The van der Waals surface area contributed by atoms with Crippen LogP contribution in [0.25, 0.3) is 33.1 Å². The Morgan fingerprint density at radius 1 is 0.922 bits per heavy atom. The zero-order valence-electron chi connectivity index (χ0n) is 36.6. The Labute approximate surface area is 370 Å². The number of nitrogens with two attached hydrogens (primary N) is 2. The third kappa shape index (κ3) is 12.7. The summed E-state index contributed by atoms with van der Waals surface area (Å²) < 4.78 is 14.1. The van der Waals surface area contributed by atoms with Crippen molar-refractivity contribution in [1.29, 1.82) is 0 Å². The Bertz CT molecular complexity index is 2610. The lowest BCUT2D eigenvalue weighted by Gasteiger charge is -2.26. The number of carbonyl (C=O) groups excluding carboxylic acids is 2. The van der Waals surface area contributed by atoms with E-state index in [-0.39, 0.29) is 60.0 Å². The molecule has 19 heteroatoms. The van der Waals surface area contributed by atoms with Crippen molar-refractivity contribution in [2.45, 2.75) is 91.3 Å². The first-order valence-electron chi connectivity index (χ1n) is 21.7. The summed E-state index contributed by atoms with van der Waals surface area (Å²) in [6.07, 6.45) is 6.53. The van der Waals surface area contributed by atoms with Gasteiger partial charge in [-0.25, -0.2) is 24.7 Å². The van der Waals surface area contributed by atoms with Crippen molar-refractivity contribution in [2.24, 2.45) is 5.41 Å². The number of aliphatic carboxylic acids is 1. The molecule has 4 heterocycles. The van der Waals surface area contributed by atoms with Gasteiger partial charge in [-0.2, -0.15) is 4.98 Å². The highest BCUT2D eigenvalue weighted by Crippen LogP contribution is 2.32. The lowest BCUT2D eigenvalue weighted by atomic mass is 9.94. The van der Waals surface area contributed by atoms with Gasteiger partial charge in [-0.1, -0.05) is 45.4 Å². The third-order valence-corrected chi connectivity index (χ3v) is 10.5. The van der Waals surface area contributed by atoms with E-state index >= 15 is 0 Å². The van der Waals surface area contributed by atoms with E-state index in [1.165, 1.54) is 6.20 Å². The molecule has 0 saturated heterocycles. The standard InChI is InChI=1S/C45H58N12O7/c1-4-5-14-34-54-36-38(31-11-6-7-12-32(31)52-39(36)46)57(34)26-45(2,3)27-64-22-10-21-63-23-19-35(58)48-20-9-8-13-33(43(61)62)53-41(59)28-15-17-29(18-16-28)49-24-30-25-50-40-37(51-30)42(60)56-44(47)55-40/h6-7,11-12,15-18,25,33,49H,4-5,8-10,13-14,19-24,26-27H2,1-3H3,(H2,46,52)(H,48,58)(H,53,59)(H,61,62)(H3,47,50,55,56,60). The molecule has 0 bridgehead atoms. The molecule has 0 aliphatic heterocycles. The van der Waals surface area contributed by atoms with E-state index in [1.807, 2.05) is 18.2 Å². The third-order valence-electron chi connectivity index (χ3n) is 10.5. The summed E-state index contributed by atoms with van der Waals surface area (Å²) in [6, 6.07) is 13.4. The SMILES string of the molecule is CCCCc1nc2c(N)nc3ccccc3c2n1CC(C)(C)COCCCOCCC(=O)NCCCCC(NC(=O)c1ccc(NCc2cnc3nc(N)[nH]c(=O)c3n2)cc1)C(=O)O. The zero-order valence-corrected chi connectivity index (χ0v) is 36.6. The van der Waals surface area contributed by atoms with Crippen molar-refractivity contribution < 1.29 is 29.0 Å². The second kappa shape index (κ2) is 22.1. The number of hydrogen-bond acceptors (Lipinski definition) is 14. The maximum absolute atomic E-state index is 12.9. The summed E-state index contributed by atoms with van der Waals surface area (Å²) in [5.41, 5.74) is 15.5. The highest BCUT2D eigenvalue weighted by molar-refractivity contribution is 6.06. The van der Waals surface area contributed by atoms with Gasteiger partial charge in [-0.15, -0.1) is 0 Å². The number of unbranched alkanes of at least 4 members (excludes halogenated alkanes) is 2. The first-order chi connectivity index (χ1) is 30.8. The van der Waals surface area contributed by atoms with Crippen LogP contribution in [-0.2, 0) is 38.6 Å². The normalized spacial score (nSPS) is 12.2. The van der Waals surface area contributed by atoms with Gasteiger partial charge in [0.1, 0.15) is 17.4 Å². The first kappa shape index (κ1) is 46.8. The minimum absolute atomic E-state index is 0.0469. The van der Waals surface area contributed by atoms with Crippen molar-refractivity contribution in [2.75, 3.05) is 49.8 Å². The molecule has 0 spiro atoms. The van der Waals surface area contributed by atoms with E-state index in [0.717, 1.165) is 47.0 Å². The number of H-pyrrole nitrogens is 1. The molecule has 4 aromatic heterocycles. The van der Waals surface area contributed by atoms with E-state index in [2.05, 4.69) is 72.3 Å². The highest BCUT2D eigenvalue weighted by atomic mass is 16.5. The number of aryl methyl sites for hydroxylation is 1. The molecule has 0 aliphatic rings. The lowest BCUT2D eigenvalue weighted by Crippen LogP contribution is -2.40. The fraction of sp³-hybridized carbons (Fsp3) is 0.444. The number of carboxylic acid groups (broad SMARTS) is 1. The van der Waals surface area contributed by atoms with Crippen molar-refractivity contribution >= 4 is 68.3 Å². The van der Waals surface area contributed by atoms with Gasteiger partial charge in [-0.05, 0) is 62.4 Å². The molecule has 6 rings (SSSR count). The molecule has 1 atom stereocenters. The van der Waals surface area contributed by atoms with Crippen LogP contribution in [0.1, 0.15) is 87.6 Å². The van der Waals surface area contributed by atoms with Crippen molar-refractivity contribution in [3.63, 3.8) is 0 Å². The second-order valence-corrected chi connectivity index (χ2v) is 16.5. The van der Waals surface area contributed by atoms with E-state index in [9.17, 15) is 24.3 Å². The molecular weight excluding hydrogens is 821 g/mol. The maximum Gasteiger partial charge on any atom is 0.326 e. The van der Waals surface area contributed by atoms with E-state index in [1.54, 1.807) is 24.3 Å². The van der Waals surface area contributed by atoms with Crippen molar-refractivity contribution in [3.8, 4) is 0 Å². The fourth-order valence-electron chi connectivity index (χ4n) is 7.23. The average molecular weight is 879 g/mol. The number of para-hydroxylation sites is 1. The number of benzene rings is 2. The predicted octanol–water partition coefficient (Wildman–Crippen LogP) is 4.74. The topological polar surface area (TPSA) is 280 Å². The number of nitrogen functional groups attached to an aromatic ring is 2. The zero-order chi connectivity index (χ0) is 45.6. The maximum atomic E-state index is 12.9. The number of carboxylic acids is 1. The number of anilines is 3. The first-order valence-corrected chi connectivity index (χ1v) is 21.7. The molecule has 340 valence electrons. The fourth-order valence-corrected chi connectivity index (χ4v) is 7.23. The monoisotopic (exact) mass is 878 g/mol.